The van der Waals surface area contributed by atoms with E-state index in [1.165, 1.54) is 4.90 Å². The lowest BCUT2D eigenvalue weighted by Crippen LogP contribution is -2.51. The van der Waals surface area contributed by atoms with Gasteiger partial charge in [0, 0.05) is 13.0 Å². The number of hydrogen-bond acceptors (Lipinski definition) is 3. The van der Waals surface area contributed by atoms with E-state index in [9.17, 15) is 14.4 Å². The molecule has 5 rings (SSSR count). The minimum Gasteiger partial charge on any atom is -0.355 e. The number of carbonyl (C=O) groups is 3. The van der Waals surface area contributed by atoms with E-state index in [0.29, 0.717) is 13.0 Å². The molecule has 0 unspecified atom stereocenters. The fourth-order valence-electron chi connectivity index (χ4n) is 4.84. The van der Waals surface area contributed by atoms with Crippen LogP contribution in [0.15, 0.2) is 42.5 Å². The van der Waals surface area contributed by atoms with Crippen LogP contribution in [0.5, 0.6) is 0 Å². The van der Waals surface area contributed by atoms with Gasteiger partial charge in [0.25, 0.3) is 0 Å². The number of likely N-dealkylation sites (N-methyl/N-ethyl adjacent to an activating group) is 1. The lowest BCUT2D eigenvalue weighted by molar-refractivity contribution is -0.148. The monoisotopic (exact) mass is 352 g/mol. The Morgan fingerprint density at radius 1 is 1.08 bits per heavy atom. The molecule has 1 saturated heterocycles. The third-order valence-corrected chi connectivity index (χ3v) is 6.03. The number of benzene rings is 1. The molecule has 1 saturated carbocycles. The summed E-state index contributed by atoms with van der Waals surface area (Å²) in [6, 6.07) is 8.80. The topological polar surface area (TPSA) is 66.5 Å². The highest BCUT2D eigenvalue weighted by Crippen LogP contribution is 2.50. The molecule has 2 fully saturated rings. The number of amides is 3. The van der Waals surface area contributed by atoms with E-state index >= 15 is 0 Å². The average Bonchev–Trinajstić information content (AvgIpc) is 2.95. The standard InChI is InChI=1S/C21H24N2O3/c1-2-22-19(24)16(12-13-6-4-3-5-7-13)23-20(25)17-14-8-9-15(11-10-14)18(17)21(23)26/h3-9,14-18H,2,10-12H2,1H3,(H,22,24)/t14-,15-,16-,17+,18+/m0/s1. The smallest absolute Gasteiger partial charge is 0.243 e. The molecule has 1 heterocycles. The molecule has 136 valence electrons. The Labute approximate surface area is 153 Å². The van der Waals surface area contributed by atoms with Crippen LogP contribution in [0.4, 0.5) is 0 Å². The van der Waals surface area contributed by atoms with Crippen molar-refractivity contribution in [2.45, 2.75) is 32.2 Å². The van der Waals surface area contributed by atoms with Crippen molar-refractivity contribution >= 4 is 17.7 Å². The summed E-state index contributed by atoms with van der Waals surface area (Å²) in [5, 5.41) is 2.80. The summed E-state index contributed by atoms with van der Waals surface area (Å²) in [4.78, 5) is 40.4. The zero-order chi connectivity index (χ0) is 18.3. The molecule has 1 aliphatic heterocycles. The van der Waals surface area contributed by atoms with Gasteiger partial charge in [-0.05, 0) is 37.2 Å². The Morgan fingerprint density at radius 2 is 1.65 bits per heavy atom. The zero-order valence-electron chi connectivity index (χ0n) is 14.9. The average molecular weight is 352 g/mol. The van der Waals surface area contributed by atoms with Crippen LogP contribution >= 0.6 is 0 Å². The summed E-state index contributed by atoms with van der Waals surface area (Å²) in [5.41, 5.74) is 0.945. The Bertz CT molecular complexity index is 726. The quantitative estimate of drug-likeness (QED) is 0.650. The summed E-state index contributed by atoms with van der Waals surface area (Å²) in [6.45, 7) is 2.31. The Kier molecular flexibility index (Phi) is 4.39. The van der Waals surface area contributed by atoms with Crippen LogP contribution in [-0.2, 0) is 20.8 Å². The van der Waals surface area contributed by atoms with E-state index < -0.39 is 6.04 Å². The van der Waals surface area contributed by atoms with Crippen LogP contribution in [-0.4, -0.2) is 35.2 Å². The van der Waals surface area contributed by atoms with Crippen molar-refractivity contribution in [2.24, 2.45) is 23.7 Å². The summed E-state index contributed by atoms with van der Waals surface area (Å²) >= 11 is 0. The highest BCUT2D eigenvalue weighted by molar-refractivity contribution is 6.09. The molecule has 5 atom stereocenters. The third kappa shape index (κ3) is 2.66. The number of likely N-dealkylation sites (tertiary alicyclic amines) is 1. The number of nitrogens with zero attached hydrogens (tertiary/aromatic N) is 1. The molecule has 3 amide bonds. The summed E-state index contributed by atoms with van der Waals surface area (Å²) < 4.78 is 0. The van der Waals surface area contributed by atoms with Gasteiger partial charge in [0.15, 0.2) is 0 Å². The first kappa shape index (κ1) is 17.0. The fourth-order valence-corrected chi connectivity index (χ4v) is 4.84. The molecule has 1 aromatic carbocycles. The largest absolute Gasteiger partial charge is 0.355 e. The first-order valence-electron chi connectivity index (χ1n) is 9.48. The molecule has 2 bridgehead atoms. The second-order valence-electron chi connectivity index (χ2n) is 7.49. The third-order valence-electron chi connectivity index (χ3n) is 6.03. The first-order chi connectivity index (χ1) is 12.6. The van der Waals surface area contributed by atoms with Crippen molar-refractivity contribution < 1.29 is 14.4 Å². The van der Waals surface area contributed by atoms with E-state index in [1.807, 2.05) is 37.3 Å². The van der Waals surface area contributed by atoms with Crippen LogP contribution < -0.4 is 5.32 Å². The Balaban J connectivity index is 1.66. The summed E-state index contributed by atoms with van der Waals surface area (Å²) in [5.74, 6) is -0.858. The number of rotatable bonds is 5. The molecular formula is C21H24N2O3. The zero-order valence-corrected chi connectivity index (χ0v) is 14.9. The lowest BCUT2D eigenvalue weighted by atomic mass is 9.63. The lowest BCUT2D eigenvalue weighted by Gasteiger charge is -2.38. The number of carbonyl (C=O) groups excluding carboxylic acids is 3. The normalized spacial score (nSPS) is 30.4. The SMILES string of the molecule is CCNC(=O)[C@H](Cc1ccccc1)N1C(=O)[C@H]2[C@H](C1=O)[C@H]1C=C[C@H]2CC1. The van der Waals surface area contributed by atoms with Gasteiger partial charge in [-0.3, -0.25) is 19.3 Å². The highest BCUT2D eigenvalue weighted by Gasteiger charge is 2.58. The van der Waals surface area contributed by atoms with Crippen LogP contribution in [0.2, 0.25) is 0 Å². The van der Waals surface area contributed by atoms with Crippen LogP contribution in [0.1, 0.15) is 25.3 Å². The van der Waals surface area contributed by atoms with Crippen molar-refractivity contribution in [3.63, 3.8) is 0 Å². The van der Waals surface area contributed by atoms with E-state index in [-0.39, 0.29) is 41.4 Å². The van der Waals surface area contributed by atoms with Crippen molar-refractivity contribution in [3.8, 4) is 0 Å². The number of fused-ring (bicyclic) bond motifs is 1. The van der Waals surface area contributed by atoms with E-state index in [2.05, 4.69) is 17.5 Å². The maximum atomic E-state index is 13.2. The molecule has 4 aliphatic rings. The van der Waals surface area contributed by atoms with Crippen molar-refractivity contribution in [3.05, 3.63) is 48.0 Å². The van der Waals surface area contributed by atoms with Gasteiger partial charge in [-0.1, -0.05) is 42.5 Å². The first-order valence-corrected chi connectivity index (χ1v) is 9.48. The molecule has 0 radical (unpaired) electrons. The molecule has 3 aliphatic carbocycles. The predicted molar refractivity (Wildman–Crippen MR) is 96.8 cm³/mol. The maximum absolute atomic E-state index is 13.2. The minimum atomic E-state index is -0.776. The molecule has 0 aromatic heterocycles. The van der Waals surface area contributed by atoms with Crippen molar-refractivity contribution in [1.82, 2.24) is 10.2 Å². The van der Waals surface area contributed by atoms with E-state index in [4.69, 9.17) is 0 Å². The Morgan fingerprint density at radius 3 is 2.15 bits per heavy atom. The molecule has 5 nitrogen and oxygen atoms in total. The molecular weight excluding hydrogens is 328 g/mol. The van der Waals surface area contributed by atoms with Gasteiger partial charge in [-0.15, -0.1) is 0 Å². The Hall–Kier alpha value is -2.43. The second-order valence-corrected chi connectivity index (χ2v) is 7.49. The molecule has 1 aromatic rings. The van der Waals surface area contributed by atoms with Gasteiger partial charge < -0.3 is 5.32 Å². The van der Waals surface area contributed by atoms with Crippen molar-refractivity contribution in [2.75, 3.05) is 6.54 Å². The molecule has 1 N–H and O–H groups in total. The van der Waals surface area contributed by atoms with Crippen LogP contribution in [0.3, 0.4) is 0 Å². The van der Waals surface area contributed by atoms with Gasteiger partial charge in [0.1, 0.15) is 6.04 Å². The van der Waals surface area contributed by atoms with E-state index in [1.54, 1.807) is 0 Å². The van der Waals surface area contributed by atoms with Gasteiger partial charge in [-0.25, -0.2) is 0 Å². The molecule has 26 heavy (non-hydrogen) atoms. The minimum absolute atomic E-state index is 0.137. The van der Waals surface area contributed by atoms with Crippen LogP contribution in [0.25, 0.3) is 0 Å². The van der Waals surface area contributed by atoms with E-state index in [0.717, 1.165) is 18.4 Å². The van der Waals surface area contributed by atoms with Gasteiger partial charge in [0.05, 0.1) is 11.8 Å². The fraction of sp³-hybridized carbons (Fsp3) is 0.476. The second kappa shape index (κ2) is 6.71. The van der Waals surface area contributed by atoms with Crippen LogP contribution in [0, 0.1) is 23.7 Å². The number of allylic oxidation sites excluding steroid dienone is 2. The van der Waals surface area contributed by atoms with Gasteiger partial charge >= 0.3 is 0 Å². The maximum Gasteiger partial charge on any atom is 0.243 e. The summed E-state index contributed by atoms with van der Waals surface area (Å²) in [7, 11) is 0. The molecule has 5 heteroatoms. The van der Waals surface area contributed by atoms with Crippen molar-refractivity contribution in [1.29, 1.82) is 0 Å². The summed E-state index contributed by atoms with van der Waals surface area (Å²) in [6.07, 6.45) is 6.47. The number of hydrogen-bond donors (Lipinski definition) is 1. The van der Waals surface area contributed by atoms with Gasteiger partial charge in [0.2, 0.25) is 17.7 Å². The number of imide groups is 1. The predicted octanol–water partition coefficient (Wildman–Crippen LogP) is 1.93. The highest BCUT2D eigenvalue weighted by atomic mass is 16.2. The molecule has 0 spiro atoms. The number of nitrogens with one attached hydrogen (secondary N) is 1. The van der Waals surface area contributed by atoms with Gasteiger partial charge in [-0.2, -0.15) is 0 Å².